The molecule has 0 spiro atoms. The van der Waals surface area contributed by atoms with Crippen molar-refractivity contribution in [3.63, 3.8) is 0 Å². The summed E-state index contributed by atoms with van der Waals surface area (Å²) in [5.74, 6) is 0. The van der Waals surface area contributed by atoms with Gasteiger partial charge in [-0.05, 0) is 36.6 Å². The van der Waals surface area contributed by atoms with E-state index in [1.54, 1.807) is 10.7 Å². The topological polar surface area (TPSA) is 95.1 Å². The molecule has 1 fully saturated rings. The highest BCUT2D eigenvalue weighted by atomic mass is 35.5. The summed E-state index contributed by atoms with van der Waals surface area (Å²) in [4.78, 5) is 17.7. The first-order valence-electron chi connectivity index (χ1n) is 11.8. The van der Waals surface area contributed by atoms with Gasteiger partial charge in [-0.3, -0.25) is 14.5 Å². The maximum atomic E-state index is 13.4. The third kappa shape index (κ3) is 3.97. The lowest BCUT2D eigenvalue weighted by atomic mass is 10.1. The molecule has 182 valence electrons. The van der Waals surface area contributed by atoms with Gasteiger partial charge in [0.1, 0.15) is 11.7 Å². The van der Waals surface area contributed by atoms with E-state index in [0.29, 0.717) is 35.8 Å². The van der Waals surface area contributed by atoms with Gasteiger partial charge in [0.25, 0.3) is 5.56 Å². The molecule has 4 heterocycles. The van der Waals surface area contributed by atoms with E-state index in [1.807, 2.05) is 55.6 Å². The molecule has 3 aromatic rings. The summed E-state index contributed by atoms with van der Waals surface area (Å²) in [6.45, 7) is 3.07. The van der Waals surface area contributed by atoms with Crippen LogP contribution in [-0.4, -0.2) is 49.0 Å². The highest BCUT2D eigenvalue weighted by Crippen LogP contribution is 2.32. The minimum atomic E-state index is -0.704. The van der Waals surface area contributed by atoms with E-state index in [2.05, 4.69) is 16.1 Å². The first-order valence-corrected chi connectivity index (χ1v) is 12.2. The molecule has 2 aromatic carbocycles. The Morgan fingerprint density at radius 1 is 1.06 bits per heavy atom. The van der Waals surface area contributed by atoms with Gasteiger partial charge < -0.3 is 9.84 Å². The van der Waals surface area contributed by atoms with E-state index >= 15 is 0 Å². The Hall–Kier alpha value is -3.59. The number of benzene rings is 2. The fourth-order valence-corrected chi connectivity index (χ4v) is 4.99. The minimum absolute atomic E-state index is 0.228. The highest BCUT2D eigenvalue weighted by molar-refractivity contribution is 6.35. The lowest BCUT2D eigenvalue weighted by Crippen LogP contribution is -2.38. The predicted octanol–water partition coefficient (Wildman–Crippen LogP) is 4.09. The molecule has 0 amide bonds. The Morgan fingerprint density at radius 3 is 2.61 bits per heavy atom. The van der Waals surface area contributed by atoms with Crippen LogP contribution in [-0.2, 0) is 11.3 Å². The van der Waals surface area contributed by atoms with E-state index in [9.17, 15) is 9.90 Å². The molecule has 1 aromatic heterocycles. The van der Waals surface area contributed by atoms with Gasteiger partial charge in [-0.1, -0.05) is 54.1 Å². The molecule has 36 heavy (non-hydrogen) atoms. The zero-order chi connectivity index (χ0) is 24.8. The van der Waals surface area contributed by atoms with Gasteiger partial charge in [0.05, 0.1) is 29.8 Å². The number of pyridine rings is 1. The molecule has 3 aliphatic heterocycles. The molecule has 0 radical (unpaired) electrons. The molecule has 0 unspecified atom stereocenters. The summed E-state index contributed by atoms with van der Waals surface area (Å²) in [5.41, 5.74) is 5.15. The Kier molecular flexibility index (Phi) is 5.79. The Labute approximate surface area is 212 Å². The number of aliphatic hydroxyl groups excluding tert-OH is 1. The number of aliphatic hydroxyl groups is 1. The fourth-order valence-electron chi connectivity index (χ4n) is 4.72. The predicted molar refractivity (Wildman–Crippen MR) is 137 cm³/mol. The van der Waals surface area contributed by atoms with Crippen molar-refractivity contribution in [1.82, 2.24) is 24.5 Å². The third-order valence-corrected chi connectivity index (χ3v) is 7.00. The highest BCUT2D eigenvalue weighted by Gasteiger charge is 2.32. The second-order valence-corrected chi connectivity index (χ2v) is 9.53. The summed E-state index contributed by atoms with van der Waals surface area (Å²) in [6.07, 6.45) is 1.61. The molecule has 3 aliphatic rings. The van der Waals surface area contributed by atoms with Crippen molar-refractivity contribution >= 4 is 22.5 Å². The van der Waals surface area contributed by atoms with Gasteiger partial charge in [-0.15, -0.1) is 0 Å². The Balaban J connectivity index is 1.43. The largest absolute Gasteiger partial charge is 0.391 e. The van der Waals surface area contributed by atoms with Crippen molar-refractivity contribution in [3.8, 4) is 22.5 Å². The fraction of sp³-hybridized carbons (Fsp3) is 0.259. The summed E-state index contributed by atoms with van der Waals surface area (Å²) >= 11 is 6.62. The molecule has 2 atom stereocenters. The van der Waals surface area contributed by atoms with Crippen LogP contribution in [0, 0.1) is 6.92 Å². The van der Waals surface area contributed by atoms with Gasteiger partial charge in [-0.25, -0.2) is 4.68 Å². The smallest absolute Gasteiger partial charge is 0.297 e. The molecule has 0 saturated carbocycles. The zero-order valence-corrected chi connectivity index (χ0v) is 20.4. The van der Waals surface area contributed by atoms with Crippen LogP contribution in [0.3, 0.4) is 0 Å². The normalized spacial score (nSPS) is 18.2. The van der Waals surface area contributed by atoms with Crippen LogP contribution < -0.4 is 5.56 Å². The van der Waals surface area contributed by atoms with Crippen LogP contribution in [0.15, 0.2) is 65.6 Å². The van der Waals surface area contributed by atoms with Crippen molar-refractivity contribution in [3.05, 3.63) is 87.4 Å². The lowest BCUT2D eigenvalue weighted by Gasteiger charge is -2.26. The minimum Gasteiger partial charge on any atom is -0.391 e. The second kappa shape index (κ2) is 9.13. The van der Waals surface area contributed by atoms with Crippen molar-refractivity contribution in [1.29, 1.82) is 0 Å². The lowest BCUT2D eigenvalue weighted by molar-refractivity contribution is -0.0338. The van der Waals surface area contributed by atoms with Crippen LogP contribution in [0.5, 0.6) is 0 Å². The summed E-state index contributed by atoms with van der Waals surface area (Å²) in [7, 11) is 0. The van der Waals surface area contributed by atoms with E-state index in [-0.39, 0.29) is 17.9 Å². The quantitative estimate of drug-likeness (QED) is 0.398. The number of rotatable bonds is 4. The van der Waals surface area contributed by atoms with E-state index in [0.717, 1.165) is 27.8 Å². The first-order chi connectivity index (χ1) is 17.5. The number of halogens is 1. The summed E-state index contributed by atoms with van der Waals surface area (Å²) in [5, 5.41) is 21.0. The number of fused-ring (bicyclic) bond motifs is 3. The van der Waals surface area contributed by atoms with E-state index in [4.69, 9.17) is 21.4 Å². The number of para-hydroxylation sites is 1. The Morgan fingerprint density at radius 2 is 1.86 bits per heavy atom. The van der Waals surface area contributed by atoms with Crippen LogP contribution >= 0.6 is 11.6 Å². The van der Waals surface area contributed by atoms with Gasteiger partial charge in [-0.2, -0.15) is 10.2 Å². The van der Waals surface area contributed by atoms with Crippen molar-refractivity contribution in [2.24, 2.45) is 0 Å². The first kappa shape index (κ1) is 22.8. The van der Waals surface area contributed by atoms with E-state index in [1.165, 1.54) is 4.68 Å². The van der Waals surface area contributed by atoms with Crippen LogP contribution in [0.25, 0.3) is 33.4 Å². The molecular formula is C27H24ClN5O3. The average Bonchev–Trinajstić information content (AvgIpc) is 3.21. The maximum absolute atomic E-state index is 13.4. The van der Waals surface area contributed by atoms with Gasteiger partial charge in [0, 0.05) is 29.4 Å². The summed E-state index contributed by atoms with van der Waals surface area (Å²) in [6, 6.07) is 17.2. The number of hydrogen-bond acceptors (Lipinski definition) is 6. The number of aromatic nitrogens is 5. The number of hydrogen-bond donors (Lipinski definition) is 1. The zero-order valence-electron chi connectivity index (χ0n) is 19.6. The number of ether oxygens (including phenoxy) is 1. The van der Waals surface area contributed by atoms with E-state index < -0.39 is 12.1 Å². The number of aryl methyl sites for hydroxylation is 1. The molecule has 8 nitrogen and oxygen atoms in total. The van der Waals surface area contributed by atoms with Crippen LogP contribution in [0.2, 0.25) is 5.02 Å². The third-order valence-electron chi connectivity index (χ3n) is 6.70. The van der Waals surface area contributed by atoms with Gasteiger partial charge in [0.15, 0.2) is 5.69 Å². The number of nitrogens with zero attached hydrogens (tertiary/aromatic N) is 5. The molecule has 1 N–H and O–H groups in total. The van der Waals surface area contributed by atoms with Gasteiger partial charge >= 0.3 is 0 Å². The molecule has 9 heteroatoms. The molecule has 1 saturated heterocycles. The van der Waals surface area contributed by atoms with Gasteiger partial charge in [0.2, 0.25) is 0 Å². The van der Waals surface area contributed by atoms with Crippen LogP contribution in [0.1, 0.15) is 23.7 Å². The molecule has 0 aliphatic carbocycles. The van der Waals surface area contributed by atoms with Crippen molar-refractivity contribution in [2.45, 2.75) is 32.0 Å². The Bertz CT molecular complexity index is 1580. The molecule has 6 rings (SSSR count). The van der Waals surface area contributed by atoms with Crippen molar-refractivity contribution in [2.75, 3.05) is 13.2 Å². The van der Waals surface area contributed by atoms with Crippen LogP contribution in [0.4, 0.5) is 0 Å². The monoisotopic (exact) mass is 501 g/mol. The standard InChI is InChI=1S/C27H24ClN5O3/c1-16-5-8-19(13-29-16)18-9-6-17(7-10-18)14-32-26-20(3-2-4-21(26)28)24-25(30-32)27(35)33(31-24)22-15-36-12-11-23(22)34/h2-10,13,22-23,34H,11-12,14-15H2,1H3/t22-,23-/m0/s1. The summed E-state index contributed by atoms with van der Waals surface area (Å²) < 4.78 is 8.57. The maximum Gasteiger partial charge on any atom is 0.297 e. The molecular weight excluding hydrogens is 478 g/mol. The second-order valence-electron chi connectivity index (χ2n) is 9.12. The SMILES string of the molecule is Cc1ccc(-c2ccc(Cn3nc4c(=O)n([C@H]5COCC[C@@H]5O)nc-4c4cccc(Cl)c43)cc2)cn1. The van der Waals surface area contributed by atoms with Crippen molar-refractivity contribution < 1.29 is 9.84 Å². The average molecular weight is 502 g/mol. The molecule has 0 bridgehead atoms.